The molecule has 0 bridgehead atoms. The summed E-state index contributed by atoms with van der Waals surface area (Å²) in [5.41, 5.74) is 1.63. The van der Waals surface area contributed by atoms with Crippen LogP contribution in [0.4, 0.5) is 11.5 Å². The lowest BCUT2D eigenvalue weighted by atomic mass is 10.1. The molecular weight excluding hydrogens is 274 g/mol. The third-order valence-corrected chi connectivity index (χ3v) is 4.12. The van der Waals surface area contributed by atoms with E-state index in [4.69, 9.17) is 5.26 Å². The summed E-state index contributed by atoms with van der Waals surface area (Å²) in [5, 5.41) is 8.82. The van der Waals surface area contributed by atoms with Gasteiger partial charge in [0.1, 0.15) is 11.9 Å². The van der Waals surface area contributed by atoms with Crippen molar-refractivity contribution in [2.24, 2.45) is 0 Å². The van der Waals surface area contributed by atoms with Crippen LogP contribution in [-0.4, -0.2) is 35.6 Å². The second-order valence-electron chi connectivity index (χ2n) is 5.41. The SMILES string of the molecule is CCC1CN(c2ccccc2)CCN1c1cnc(C#N)cn1. The summed E-state index contributed by atoms with van der Waals surface area (Å²) in [7, 11) is 0. The normalized spacial score (nSPS) is 18.1. The van der Waals surface area contributed by atoms with Gasteiger partial charge in [0.25, 0.3) is 0 Å². The molecule has 0 spiro atoms. The van der Waals surface area contributed by atoms with Gasteiger partial charge < -0.3 is 9.80 Å². The van der Waals surface area contributed by atoms with E-state index >= 15 is 0 Å². The first-order valence-electron chi connectivity index (χ1n) is 7.60. The van der Waals surface area contributed by atoms with Gasteiger partial charge in [-0.2, -0.15) is 5.26 Å². The number of hydrogen-bond donors (Lipinski definition) is 0. The zero-order valence-corrected chi connectivity index (χ0v) is 12.7. The molecule has 3 rings (SSSR count). The molecule has 112 valence electrons. The van der Waals surface area contributed by atoms with E-state index in [9.17, 15) is 0 Å². The molecule has 1 aromatic heterocycles. The Bertz CT molecular complexity index is 647. The van der Waals surface area contributed by atoms with Gasteiger partial charge >= 0.3 is 0 Å². The molecule has 0 N–H and O–H groups in total. The van der Waals surface area contributed by atoms with E-state index in [0.717, 1.165) is 31.9 Å². The number of piperazine rings is 1. The molecule has 1 saturated heterocycles. The molecule has 1 aliphatic heterocycles. The van der Waals surface area contributed by atoms with Crippen molar-refractivity contribution in [2.75, 3.05) is 29.4 Å². The van der Waals surface area contributed by atoms with Crippen molar-refractivity contribution in [1.82, 2.24) is 9.97 Å². The molecule has 1 aliphatic rings. The van der Waals surface area contributed by atoms with E-state index in [1.54, 1.807) is 12.4 Å². The highest BCUT2D eigenvalue weighted by atomic mass is 15.3. The molecule has 2 heterocycles. The highest BCUT2D eigenvalue weighted by molar-refractivity contribution is 5.50. The molecular formula is C17H19N5. The lowest BCUT2D eigenvalue weighted by Gasteiger charge is -2.42. The van der Waals surface area contributed by atoms with Crippen molar-refractivity contribution < 1.29 is 0 Å². The van der Waals surface area contributed by atoms with E-state index in [1.807, 2.05) is 12.1 Å². The summed E-state index contributed by atoms with van der Waals surface area (Å²) in [6.07, 6.45) is 4.30. The van der Waals surface area contributed by atoms with Crippen LogP contribution in [0.5, 0.6) is 0 Å². The molecule has 2 aromatic rings. The minimum atomic E-state index is 0.361. The Kier molecular flexibility index (Phi) is 4.19. The fourth-order valence-corrected chi connectivity index (χ4v) is 2.91. The van der Waals surface area contributed by atoms with Crippen molar-refractivity contribution in [1.29, 1.82) is 5.26 Å². The Morgan fingerprint density at radius 1 is 1.18 bits per heavy atom. The van der Waals surface area contributed by atoms with Crippen LogP contribution in [0.15, 0.2) is 42.7 Å². The molecule has 1 unspecified atom stereocenters. The Balaban J connectivity index is 1.76. The number of aromatic nitrogens is 2. The smallest absolute Gasteiger partial charge is 0.158 e. The Morgan fingerprint density at radius 2 is 2.00 bits per heavy atom. The van der Waals surface area contributed by atoms with Crippen molar-refractivity contribution in [3.05, 3.63) is 48.4 Å². The second kappa shape index (κ2) is 6.44. The highest BCUT2D eigenvalue weighted by Crippen LogP contribution is 2.23. The van der Waals surface area contributed by atoms with E-state index in [2.05, 4.69) is 51.0 Å². The van der Waals surface area contributed by atoms with E-state index in [1.165, 1.54) is 5.69 Å². The summed E-state index contributed by atoms with van der Waals surface area (Å²) in [6.45, 7) is 5.04. The molecule has 22 heavy (non-hydrogen) atoms. The van der Waals surface area contributed by atoms with Crippen LogP contribution in [0.1, 0.15) is 19.0 Å². The predicted molar refractivity (Wildman–Crippen MR) is 86.8 cm³/mol. The zero-order chi connectivity index (χ0) is 15.4. The fraction of sp³-hybridized carbons (Fsp3) is 0.353. The van der Waals surface area contributed by atoms with Gasteiger partial charge in [-0.3, -0.25) is 0 Å². The largest absolute Gasteiger partial charge is 0.368 e. The van der Waals surface area contributed by atoms with Gasteiger partial charge in [0.2, 0.25) is 0 Å². The first-order valence-corrected chi connectivity index (χ1v) is 7.60. The Labute approximate surface area is 130 Å². The first-order chi connectivity index (χ1) is 10.8. The molecule has 5 heteroatoms. The van der Waals surface area contributed by atoms with Crippen LogP contribution in [0.25, 0.3) is 0 Å². The topological polar surface area (TPSA) is 56.0 Å². The van der Waals surface area contributed by atoms with Crippen LogP contribution >= 0.6 is 0 Å². The molecule has 1 atom stereocenters. The van der Waals surface area contributed by atoms with Gasteiger partial charge in [-0.1, -0.05) is 25.1 Å². The average Bonchev–Trinajstić information content (AvgIpc) is 2.62. The summed E-state index contributed by atoms with van der Waals surface area (Å²) >= 11 is 0. The van der Waals surface area contributed by atoms with E-state index < -0.39 is 0 Å². The Morgan fingerprint density at radius 3 is 2.64 bits per heavy atom. The van der Waals surface area contributed by atoms with Gasteiger partial charge in [0.05, 0.1) is 12.4 Å². The lowest BCUT2D eigenvalue weighted by Crippen LogP contribution is -2.53. The number of rotatable bonds is 3. The van der Waals surface area contributed by atoms with Crippen LogP contribution in [-0.2, 0) is 0 Å². The predicted octanol–water partition coefficient (Wildman–Crippen LogP) is 2.45. The van der Waals surface area contributed by atoms with Gasteiger partial charge in [0, 0.05) is 31.4 Å². The minimum absolute atomic E-state index is 0.361. The van der Waals surface area contributed by atoms with Crippen molar-refractivity contribution >= 4 is 11.5 Å². The molecule has 0 amide bonds. The van der Waals surface area contributed by atoms with Crippen molar-refractivity contribution in [2.45, 2.75) is 19.4 Å². The van der Waals surface area contributed by atoms with Crippen LogP contribution in [0.3, 0.4) is 0 Å². The van der Waals surface area contributed by atoms with Gasteiger partial charge in [-0.15, -0.1) is 0 Å². The summed E-state index contributed by atoms with van der Waals surface area (Å²) in [4.78, 5) is 13.2. The van der Waals surface area contributed by atoms with Crippen LogP contribution in [0, 0.1) is 11.3 Å². The summed E-state index contributed by atoms with van der Waals surface area (Å²) in [6, 6.07) is 12.9. The van der Waals surface area contributed by atoms with Crippen LogP contribution < -0.4 is 9.80 Å². The highest BCUT2D eigenvalue weighted by Gasteiger charge is 2.27. The number of hydrogen-bond acceptors (Lipinski definition) is 5. The summed E-state index contributed by atoms with van der Waals surface area (Å²) in [5.74, 6) is 0.860. The number of para-hydroxylation sites is 1. The summed E-state index contributed by atoms with van der Waals surface area (Å²) < 4.78 is 0. The molecule has 0 radical (unpaired) electrons. The zero-order valence-electron chi connectivity index (χ0n) is 12.7. The first kappa shape index (κ1) is 14.3. The molecule has 1 aromatic carbocycles. The van der Waals surface area contributed by atoms with E-state index in [0.29, 0.717) is 11.7 Å². The number of nitrogens with zero attached hydrogens (tertiary/aromatic N) is 5. The number of nitriles is 1. The van der Waals surface area contributed by atoms with Gasteiger partial charge in [-0.25, -0.2) is 9.97 Å². The minimum Gasteiger partial charge on any atom is -0.368 e. The lowest BCUT2D eigenvalue weighted by molar-refractivity contribution is 0.504. The van der Waals surface area contributed by atoms with Crippen molar-refractivity contribution in [3.63, 3.8) is 0 Å². The average molecular weight is 293 g/mol. The standard InChI is InChI=1S/C17H19N5/c1-2-15-13-21(16-6-4-3-5-7-16)8-9-22(15)17-12-19-14(10-18)11-20-17/h3-7,11-12,15H,2,8-9,13H2,1H3. The molecule has 0 aliphatic carbocycles. The quantitative estimate of drug-likeness (QED) is 0.870. The van der Waals surface area contributed by atoms with Gasteiger partial charge in [-0.05, 0) is 18.6 Å². The number of benzene rings is 1. The Hall–Kier alpha value is -2.61. The maximum atomic E-state index is 8.82. The third kappa shape index (κ3) is 2.86. The van der Waals surface area contributed by atoms with Gasteiger partial charge in [0.15, 0.2) is 5.69 Å². The van der Waals surface area contributed by atoms with Crippen LogP contribution in [0.2, 0.25) is 0 Å². The van der Waals surface area contributed by atoms with Crippen molar-refractivity contribution in [3.8, 4) is 6.07 Å². The second-order valence-corrected chi connectivity index (χ2v) is 5.41. The molecule has 0 saturated carbocycles. The molecule has 5 nitrogen and oxygen atoms in total. The maximum Gasteiger partial charge on any atom is 0.158 e. The maximum absolute atomic E-state index is 8.82. The third-order valence-electron chi connectivity index (χ3n) is 4.12. The fourth-order valence-electron chi connectivity index (χ4n) is 2.91. The number of anilines is 2. The monoisotopic (exact) mass is 293 g/mol. The molecule has 1 fully saturated rings. The van der Waals surface area contributed by atoms with E-state index in [-0.39, 0.29) is 0 Å².